The highest BCUT2D eigenvalue weighted by Crippen LogP contribution is 2.39. The number of anilines is 1. The molecule has 3 rings (SSSR count). The maximum absolute atomic E-state index is 12.9. The number of rotatable bonds is 7. The van der Waals surface area contributed by atoms with Gasteiger partial charge in [0, 0.05) is 35.8 Å². The maximum atomic E-state index is 12.9. The summed E-state index contributed by atoms with van der Waals surface area (Å²) in [6, 6.07) is 11.3. The fourth-order valence-electron chi connectivity index (χ4n) is 3.39. The summed E-state index contributed by atoms with van der Waals surface area (Å²) in [5.74, 6) is 1.26. The highest BCUT2D eigenvalue weighted by atomic mass is 35.5. The van der Waals surface area contributed by atoms with Crippen LogP contribution in [-0.4, -0.2) is 50.2 Å². The van der Waals surface area contributed by atoms with Crippen molar-refractivity contribution in [2.45, 2.75) is 32.7 Å². The van der Waals surface area contributed by atoms with Gasteiger partial charge >= 0.3 is 0 Å². The molecule has 0 N–H and O–H groups in total. The van der Waals surface area contributed by atoms with Crippen molar-refractivity contribution in [1.29, 1.82) is 0 Å². The fraction of sp³-hybridized carbons (Fsp3) is 0.400. The maximum Gasteiger partial charge on any atom is 0.251 e. The van der Waals surface area contributed by atoms with Crippen LogP contribution in [0, 0.1) is 0 Å². The number of benzene rings is 2. The highest BCUT2D eigenvalue weighted by Gasteiger charge is 2.26. The highest BCUT2D eigenvalue weighted by molar-refractivity contribution is 6.32. The van der Waals surface area contributed by atoms with Crippen LogP contribution in [0.5, 0.6) is 11.5 Å². The Morgan fingerprint density at radius 2 is 1.97 bits per heavy atom. The first kappa shape index (κ1) is 23.2. The van der Waals surface area contributed by atoms with Crippen LogP contribution in [0.2, 0.25) is 5.02 Å². The molecular formula is C25H31ClN2O3. The van der Waals surface area contributed by atoms with Gasteiger partial charge < -0.3 is 14.4 Å². The number of hydrogen-bond donors (Lipinski definition) is 0. The Hall–Kier alpha value is -2.50. The number of likely N-dealkylation sites (N-methyl/N-ethyl adjacent to an activating group) is 1. The molecule has 1 amide bonds. The van der Waals surface area contributed by atoms with E-state index >= 15 is 0 Å². The minimum Gasteiger partial charge on any atom is -0.493 e. The SMILES string of the molecule is COc1cc2c(cc1OCCN(C)C(C)(C)C)N(C(=O)C=Cc1ccccc1Cl)CC2. The molecule has 0 saturated heterocycles. The standard InChI is InChI=1S/C25H31ClN2O3/c1-25(2,3)27(4)14-15-31-23-17-21-19(16-22(23)30-5)12-13-28(21)24(29)11-10-18-8-6-7-9-20(18)26/h6-11,16-17H,12-15H2,1-5H3. The summed E-state index contributed by atoms with van der Waals surface area (Å²) in [6.45, 7) is 8.45. The zero-order valence-electron chi connectivity index (χ0n) is 18.9. The molecule has 0 saturated carbocycles. The third kappa shape index (κ3) is 5.60. The van der Waals surface area contributed by atoms with Crippen LogP contribution in [0.25, 0.3) is 6.08 Å². The van der Waals surface area contributed by atoms with Gasteiger partial charge in [-0.05, 0) is 63.6 Å². The van der Waals surface area contributed by atoms with Crippen molar-refractivity contribution < 1.29 is 14.3 Å². The summed E-state index contributed by atoms with van der Waals surface area (Å²) in [4.78, 5) is 16.9. The van der Waals surface area contributed by atoms with Crippen molar-refractivity contribution in [3.05, 3.63) is 58.6 Å². The second kappa shape index (κ2) is 9.75. The zero-order valence-corrected chi connectivity index (χ0v) is 19.7. The number of hydrogen-bond acceptors (Lipinski definition) is 4. The lowest BCUT2D eigenvalue weighted by Crippen LogP contribution is -2.40. The lowest BCUT2D eigenvalue weighted by molar-refractivity contribution is -0.114. The Morgan fingerprint density at radius 3 is 2.65 bits per heavy atom. The van der Waals surface area contributed by atoms with Gasteiger partial charge in [-0.1, -0.05) is 29.8 Å². The molecule has 0 aliphatic carbocycles. The summed E-state index contributed by atoms with van der Waals surface area (Å²) in [5, 5.41) is 0.619. The van der Waals surface area contributed by atoms with Crippen LogP contribution in [-0.2, 0) is 11.2 Å². The lowest BCUT2D eigenvalue weighted by Gasteiger charge is -2.31. The van der Waals surface area contributed by atoms with Crippen LogP contribution < -0.4 is 14.4 Å². The third-order valence-electron chi connectivity index (χ3n) is 5.67. The van der Waals surface area contributed by atoms with Crippen molar-refractivity contribution in [3.8, 4) is 11.5 Å². The van der Waals surface area contributed by atoms with E-state index in [4.69, 9.17) is 21.1 Å². The molecule has 0 fully saturated rings. The molecular weight excluding hydrogens is 412 g/mol. The van der Waals surface area contributed by atoms with Gasteiger partial charge in [-0.15, -0.1) is 0 Å². The Bertz CT molecular complexity index is 966. The van der Waals surface area contributed by atoms with Crippen molar-refractivity contribution >= 4 is 29.3 Å². The van der Waals surface area contributed by atoms with E-state index < -0.39 is 0 Å². The Labute approximate surface area is 190 Å². The molecule has 166 valence electrons. The number of fused-ring (bicyclic) bond motifs is 1. The van der Waals surface area contributed by atoms with Gasteiger partial charge in [-0.25, -0.2) is 0 Å². The average Bonchev–Trinajstić information content (AvgIpc) is 3.14. The van der Waals surface area contributed by atoms with E-state index in [9.17, 15) is 4.79 Å². The van der Waals surface area contributed by atoms with Crippen molar-refractivity contribution in [2.75, 3.05) is 38.8 Å². The van der Waals surface area contributed by atoms with Gasteiger partial charge in [0.1, 0.15) is 6.61 Å². The summed E-state index contributed by atoms with van der Waals surface area (Å²) in [5.41, 5.74) is 2.84. The zero-order chi connectivity index (χ0) is 22.6. The van der Waals surface area contributed by atoms with Gasteiger partial charge in [0.2, 0.25) is 0 Å². The monoisotopic (exact) mass is 442 g/mol. The van der Waals surface area contributed by atoms with Crippen LogP contribution in [0.1, 0.15) is 31.9 Å². The second-order valence-corrected chi connectivity index (χ2v) is 9.07. The normalized spacial score (nSPS) is 13.7. The molecule has 31 heavy (non-hydrogen) atoms. The fourth-order valence-corrected chi connectivity index (χ4v) is 3.58. The van der Waals surface area contributed by atoms with E-state index in [0.717, 1.165) is 29.8 Å². The summed E-state index contributed by atoms with van der Waals surface area (Å²) in [7, 11) is 3.72. The molecule has 0 unspecified atom stereocenters. The largest absolute Gasteiger partial charge is 0.493 e. The third-order valence-corrected chi connectivity index (χ3v) is 6.01. The minimum atomic E-state index is -0.0812. The first-order valence-corrected chi connectivity index (χ1v) is 10.9. The summed E-state index contributed by atoms with van der Waals surface area (Å²) in [6.07, 6.45) is 4.11. The summed E-state index contributed by atoms with van der Waals surface area (Å²) < 4.78 is 11.6. The predicted molar refractivity (Wildman–Crippen MR) is 127 cm³/mol. The lowest BCUT2D eigenvalue weighted by atomic mass is 10.1. The molecule has 1 aliphatic rings. The van der Waals surface area contributed by atoms with Gasteiger partial charge in [0.15, 0.2) is 11.5 Å². The molecule has 0 bridgehead atoms. The quantitative estimate of drug-likeness (QED) is 0.562. The first-order valence-electron chi connectivity index (χ1n) is 10.5. The van der Waals surface area contributed by atoms with Gasteiger partial charge in [-0.2, -0.15) is 0 Å². The first-order chi connectivity index (χ1) is 14.7. The Kier molecular flexibility index (Phi) is 7.29. The molecule has 1 heterocycles. The number of amides is 1. The number of carbonyl (C=O) groups excluding carboxylic acids is 1. The van der Waals surface area contributed by atoms with Crippen LogP contribution in [0.4, 0.5) is 5.69 Å². The van der Waals surface area contributed by atoms with Crippen molar-refractivity contribution in [3.63, 3.8) is 0 Å². The van der Waals surface area contributed by atoms with E-state index in [2.05, 4.69) is 32.7 Å². The Balaban J connectivity index is 1.75. The van der Waals surface area contributed by atoms with Gasteiger partial charge in [0.05, 0.1) is 12.8 Å². The molecule has 2 aromatic carbocycles. The predicted octanol–water partition coefficient (Wildman–Crippen LogP) is 5.06. The molecule has 2 aromatic rings. The van der Waals surface area contributed by atoms with E-state index in [1.807, 2.05) is 36.4 Å². The smallest absolute Gasteiger partial charge is 0.251 e. The van der Waals surface area contributed by atoms with Crippen LogP contribution >= 0.6 is 11.6 Å². The number of ether oxygens (including phenoxy) is 2. The van der Waals surface area contributed by atoms with Crippen molar-refractivity contribution in [1.82, 2.24) is 4.90 Å². The molecule has 0 radical (unpaired) electrons. The van der Waals surface area contributed by atoms with E-state index in [1.54, 1.807) is 24.2 Å². The molecule has 0 aromatic heterocycles. The Morgan fingerprint density at radius 1 is 1.23 bits per heavy atom. The second-order valence-electron chi connectivity index (χ2n) is 8.67. The van der Waals surface area contributed by atoms with Gasteiger partial charge in [0.25, 0.3) is 5.91 Å². The topological polar surface area (TPSA) is 42.0 Å². The van der Waals surface area contributed by atoms with Crippen LogP contribution in [0.15, 0.2) is 42.5 Å². The number of methoxy groups -OCH3 is 1. The van der Waals surface area contributed by atoms with Crippen LogP contribution in [0.3, 0.4) is 0 Å². The summed E-state index contributed by atoms with van der Waals surface area (Å²) >= 11 is 6.19. The minimum absolute atomic E-state index is 0.0720. The molecule has 6 heteroatoms. The average molecular weight is 443 g/mol. The number of nitrogens with zero attached hydrogens (tertiary/aromatic N) is 2. The molecule has 5 nitrogen and oxygen atoms in total. The van der Waals surface area contributed by atoms with Gasteiger partial charge in [-0.3, -0.25) is 9.69 Å². The number of halogens is 1. The van der Waals surface area contributed by atoms with Crippen molar-refractivity contribution in [2.24, 2.45) is 0 Å². The molecule has 1 aliphatic heterocycles. The van der Waals surface area contributed by atoms with E-state index in [0.29, 0.717) is 29.7 Å². The molecule has 0 spiro atoms. The van der Waals surface area contributed by atoms with E-state index in [1.165, 1.54) is 0 Å². The number of carbonyl (C=O) groups is 1. The van der Waals surface area contributed by atoms with E-state index in [-0.39, 0.29) is 11.4 Å². The molecule has 0 atom stereocenters.